The van der Waals surface area contributed by atoms with Gasteiger partial charge in [0.1, 0.15) is 5.84 Å². The molecule has 0 heterocycles. The molecule has 2 N–H and O–H groups in total. The molecule has 0 amide bonds. The van der Waals surface area contributed by atoms with Crippen LogP contribution in [0.1, 0.15) is 37.7 Å². The van der Waals surface area contributed by atoms with Gasteiger partial charge in [-0.25, -0.2) is 0 Å². The van der Waals surface area contributed by atoms with Gasteiger partial charge in [0, 0.05) is 5.92 Å². The average molecular weight is 361 g/mol. The summed E-state index contributed by atoms with van der Waals surface area (Å²) in [5.41, 5.74) is 6.47. The van der Waals surface area contributed by atoms with Crippen molar-refractivity contribution >= 4 is 45.1 Å². The van der Waals surface area contributed by atoms with Gasteiger partial charge >= 0.3 is 0 Å². The van der Waals surface area contributed by atoms with Crippen molar-refractivity contribution in [2.24, 2.45) is 16.0 Å². The maximum Gasteiger partial charge on any atom is 0.277 e. The second kappa shape index (κ2) is 7.49. The first-order valence-electron chi connectivity index (χ1n) is 7.11. The lowest BCUT2D eigenvalue weighted by molar-refractivity contribution is 0.437. The lowest BCUT2D eigenvalue weighted by Crippen LogP contribution is -2.26. The summed E-state index contributed by atoms with van der Waals surface area (Å²) in [5.74, 6) is 0.278. The van der Waals surface area contributed by atoms with Crippen LogP contribution in [0.4, 0.5) is 0 Å². The van der Waals surface area contributed by atoms with E-state index >= 15 is 0 Å². The first kappa shape index (κ1) is 17.3. The maximum atomic E-state index is 12.0. The van der Waals surface area contributed by atoms with E-state index in [2.05, 4.69) is 4.40 Å². The molecule has 1 aromatic rings. The Kier molecular flexibility index (Phi) is 5.89. The Morgan fingerprint density at radius 1 is 1.18 bits per heavy atom. The molecule has 0 atom stereocenters. The van der Waals surface area contributed by atoms with Gasteiger partial charge in [0.05, 0.1) is 15.5 Å². The van der Waals surface area contributed by atoms with Crippen LogP contribution in [0.5, 0.6) is 0 Å². The lowest BCUT2D eigenvalue weighted by Gasteiger charge is -2.20. The SMILES string of the molecule is NC(=NS(=O)(=O)/C=C/c1ccc(Cl)c(Cl)c1)C1CCCCC1. The lowest BCUT2D eigenvalue weighted by atomic mass is 9.89. The Balaban J connectivity index is 2.12. The van der Waals surface area contributed by atoms with Crippen LogP contribution in [0.15, 0.2) is 28.0 Å². The summed E-state index contributed by atoms with van der Waals surface area (Å²) in [6.45, 7) is 0. The van der Waals surface area contributed by atoms with Crippen molar-refractivity contribution < 1.29 is 8.42 Å². The van der Waals surface area contributed by atoms with E-state index in [4.69, 9.17) is 28.9 Å². The van der Waals surface area contributed by atoms with E-state index < -0.39 is 10.0 Å². The molecule has 0 spiro atoms. The van der Waals surface area contributed by atoms with Crippen molar-refractivity contribution in [1.29, 1.82) is 0 Å². The van der Waals surface area contributed by atoms with Crippen LogP contribution in [0.3, 0.4) is 0 Å². The smallest absolute Gasteiger partial charge is 0.277 e. The van der Waals surface area contributed by atoms with Gasteiger partial charge in [-0.2, -0.15) is 8.42 Å². The Labute approximate surface area is 141 Å². The van der Waals surface area contributed by atoms with E-state index in [9.17, 15) is 8.42 Å². The molecule has 0 radical (unpaired) electrons. The molecule has 1 aromatic carbocycles. The summed E-state index contributed by atoms with van der Waals surface area (Å²) in [6, 6.07) is 4.87. The van der Waals surface area contributed by atoms with Gasteiger partial charge in [-0.05, 0) is 36.6 Å². The summed E-state index contributed by atoms with van der Waals surface area (Å²) in [5, 5.41) is 1.81. The fraction of sp³-hybridized carbons (Fsp3) is 0.400. The number of rotatable bonds is 4. The minimum absolute atomic E-state index is 0.0712. The number of hydrogen-bond acceptors (Lipinski definition) is 2. The van der Waals surface area contributed by atoms with Crippen molar-refractivity contribution in [3.63, 3.8) is 0 Å². The van der Waals surface area contributed by atoms with E-state index in [1.54, 1.807) is 18.2 Å². The van der Waals surface area contributed by atoms with Crippen molar-refractivity contribution in [1.82, 2.24) is 0 Å². The fourth-order valence-electron chi connectivity index (χ4n) is 2.43. The van der Waals surface area contributed by atoms with Crippen molar-refractivity contribution in [2.75, 3.05) is 0 Å². The van der Waals surface area contributed by atoms with Gasteiger partial charge in [0.15, 0.2) is 0 Å². The third kappa shape index (κ3) is 5.00. The van der Waals surface area contributed by atoms with Crippen molar-refractivity contribution in [2.45, 2.75) is 32.1 Å². The zero-order chi connectivity index (χ0) is 16.2. The van der Waals surface area contributed by atoms with Gasteiger partial charge in [-0.15, -0.1) is 4.40 Å². The molecule has 4 nitrogen and oxygen atoms in total. The zero-order valence-corrected chi connectivity index (χ0v) is 14.3. The van der Waals surface area contributed by atoms with E-state index in [1.807, 2.05) is 0 Å². The molecule has 1 fully saturated rings. The molecule has 2 rings (SSSR count). The maximum absolute atomic E-state index is 12.0. The number of nitrogens with two attached hydrogens (primary N) is 1. The number of nitrogens with zero attached hydrogens (tertiary/aromatic N) is 1. The predicted octanol–water partition coefficient (Wildman–Crippen LogP) is 4.23. The third-order valence-corrected chi connectivity index (χ3v) is 5.32. The molecule has 1 aliphatic carbocycles. The van der Waals surface area contributed by atoms with Crippen LogP contribution in [-0.2, 0) is 10.0 Å². The molecule has 1 aliphatic rings. The molecule has 22 heavy (non-hydrogen) atoms. The molecular formula is C15H18Cl2N2O2S. The van der Waals surface area contributed by atoms with Gasteiger partial charge in [-0.1, -0.05) is 48.5 Å². The normalized spacial score (nSPS) is 18.0. The second-order valence-electron chi connectivity index (χ2n) is 5.34. The van der Waals surface area contributed by atoms with E-state index in [0.717, 1.165) is 31.1 Å². The van der Waals surface area contributed by atoms with E-state index in [0.29, 0.717) is 15.6 Å². The standard InChI is InChI=1S/C15H18Cl2N2O2S/c16-13-7-6-11(10-14(13)17)8-9-22(20,21)19-15(18)12-4-2-1-3-5-12/h6-10,12H,1-5H2,(H2,18,19)/b9-8+. The molecule has 120 valence electrons. The van der Waals surface area contributed by atoms with Crippen LogP contribution in [0.25, 0.3) is 6.08 Å². The third-order valence-electron chi connectivity index (χ3n) is 3.63. The molecule has 0 aliphatic heterocycles. The molecule has 0 bridgehead atoms. The molecule has 1 saturated carbocycles. The van der Waals surface area contributed by atoms with Crippen LogP contribution in [-0.4, -0.2) is 14.3 Å². The van der Waals surface area contributed by atoms with Gasteiger partial charge in [0.2, 0.25) is 0 Å². The number of sulfonamides is 1. The number of hydrogen-bond donors (Lipinski definition) is 1. The van der Waals surface area contributed by atoms with E-state index in [-0.39, 0.29) is 11.8 Å². The Hall–Kier alpha value is -1.04. The molecule has 0 aromatic heterocycles. The average Bonchev–Trinajstić information content (AvgIpc) is 2.49. The van der Waals surface area contributed by atoms with Crippen molar-refractivity contribution in [3.05, 3.63) is 39.2 Å². The quantitative estimate of drug-likeness (QED) is 0.644. The highest BCUT2D eigenvalue weighted by atomic mass is 35.5. The fourth-order valence-corrected chi connectivity index (χ4v) is 3.57. The van der Waals surface area contributed by atoms with Gasteiger partial charge < -0.3 is 5.73 Å². The molecule has 7 heteroatoms. The minimum Gasteiger partial charge on any atom is -0.386 e. The predicted molar refractivity (Wildman–Crippen MR) is 92.6 cm³/mol. The summed E-state index contributed by atoms with van der Waals surface area (Å²) in [4.78, 5) is 0. The molecular weight excluding hydrogens is 343 g/mol. The Morgan fingerprint density at radius 2 is 1.86 bits per heavy atom. The zero-order valence-electron chi connectivity index (χ0n) is 12.0. The highest BCUT2D eigenvalue weighted by Gasteiger charge is 2.18. The number of amidine groups is 1. The van der Waals surface area contributed by atoms with Gasteiger partial charge in [0.25, 0.3) is 10.0 Å². The Morgan fingerprint density at radius 3 is 2.50 bits per heavy atom. The summed E-state index contributed by atoms with van der Waals surface area (Å²) < 4.78 is 27.7. The van der Waals surface area contributed by atoms with Crippen LogP contribution < -0.4 is 5.73 Å². The van der Waals surface area contributed by atoms with Gasteiger partial charge in [-0.3, -0.25) is 0 Å². The largest absolute Gasteiger partial charge is 0.386 e. The second-order valence-corrected chi connectivity index (χ2v) is 7.64. The van der Waals surface area contributed by atoms with Crippen LogP contribution in [0, 0.1) is 5.92 Å². The minimum atomic E-state index is -3.74. The molecule has 0 saturated heterocycles. The number of benzene rings is 1. The van der Waals surface area contributed by atoms with Crippen LogP contribution in [0.2, 0.25) is 10.0 Å². The number of halogens is 2. The monoisotopic (exact) mass is 360 g/mol. The first-order chi connectivity index (χ1) is 10.4. The Bertz CT molecular complexity index is 693. The van der Waals surface area contributed by atoms with Crippen molar-refractivity contribution in [3.8, 4) is 0 Å². The molecule has 0 unspecified atom stereocenters. The summed E-state index contributed by atoms with van der Waals surface area (Å²) in [6.07, 6.45) is 6.55. The van der Waals surface area contributed by atoms with Crippen LogP contribution >= 0.6 is 23.2 Å². The summed E-state index contributed by atoms with van der Waals surface area (Å²) >= 11 is 11.7. The first-order valence-corrected chi connectivity index (χ1v) is 9.37. The topological polar surface area (TPSA) is 72.5 Å². The van der Waals surface area contributed by atoms with E-state index in [1.165, 1.54) is 12.5 Å². The highest BCUT2D eigenvalue weighted by Crippen LogP contribution is 2.25. The summed E-state index contributed by atoms with van der Waals surface area (Å²) in [7, 11) is -3.74. The highest BCUT2D eigenvalue weighted by molar-refractivity contribution is 7.93.